The molecular weight excluding hydrogens is 356 g/mol. The molecule has 4 rings (SSSR count). The van der Waals surface area contributed by atoms with Gasteiger partial charge in [0.25, 0.3) is 0 Å². The van der Waals surface area contributed by atoms with Crippen molar-refractivity contribution in [3.63, 3.8) is 0 Å². The molecule has 29 heavy (non-hydrogen) atoms. The van der Waals surface area contributed by atoms with Gasteiger partial charge in [-0.25, -0.2) is 0 Å². The lowest BCUT2D eigenvalue weighted by Crippen LogP contribution is -2.28. The van der Waals surface area contributed by atoms with Crippen LogP contribution < -0.4 is 0 Å². The Morgan fingerprint density at radius 1 is 0.793 bits per heavy atom. The van der Waals surface area contributed by atoms with Gasteiger partial charge in [-0.2, -0.15) is 0 Å². The van der Waals surface area contributed by atoms with Gasteiger partial charge in [-0.1, -0.05) is 53.7 Å². The minimum Gasteiger partial charge on any atom is -0.507 e. The summed E-state index contributed by atoms with van der Waals surface area (Å²) in [5.74, 6) is 0.922. The van der Waals surface area contributed by atoms with E-state index in [1.165, 1.54) is 22.3 Å². The first-order valence-corrected chi connectivity index (χ1v) is 11.1. The fourth-order valence-corrected chi connectivity index (χ4v) is 6.85. The van der Waals surface area contributed by atoms with E-state index in [0.717, 1.165) is 47.9 Å². The van der Waals surface area contributed by atoms with Gasteiger partial charge in [-0.3, -0.25) is 0 Å². The van der Waals surface area contributed by atoms with Gasteiger partial charge in [-0.05, 0) is 94.9 Å². The zero-order valence-electron chi connectivity index (χ0n) is 19.4. The fourth-order valence-electron chi connectivity index (χ4n) is 6.85. The minimum absolute atomic E-state index is 0.0281. The molecule has 2 aromatic carbocycles. The van der Waals surface area contributed by atoms with Crippen LogP contribution in [0.15, 0.2) is 12.1 Å². The lowest BCUT2D eigenvalue weighted by molar-refractivity contribution is 0.347. The Kier molecular flexibility index (Phi) is 4.22. The van der Waals surface area contributed by atoms with Crippen molar-refractivity contribution in [1.29, 1.82) is 0 Å². The molecule has 1 unspecified atom stereocenters. The fraction of sp³-hybridized carbons (Fsp3) is 0.556. The van der Waals surface area contributed by atoms with Crippen molar-refractivity contribution in [2.24, 2.45) is 0 Å². The van der Waals surface area contributed by atoms with E-state index in [9.17, 15) is 10.2 Å². The Balaban J connectivity index is 2.16. The second-order valence-electron chi connectivity index (χ2n) is 10.8. The number of aryl methyl sites for hydroxylation is 2. The zero-order chi connectivity index (χ0) is 21.5. The highest BCUT2D eigenvalue weighted by Crippen LogP contribution is 2.65. The predicted octanol–water partition coefficient (Wildman–Crippen LogP) is 6.49. The molecule has 0 aliphatic heterocycles. The Morgan fingerprint density at radius 3 is 1.86 bits per heavy atom. The number of fused-ring (bicyclic) bond motifs is 4. The molecule has 156 valence electrons. The molecule has 2 N–H and O–H groups in total. The van der Waals surface area contributed by atoms with Crippen molar-refractivity contribution in [2.45, 2.75) is 97.3 Å². The molecule has 0 heterocycles. The number of phenolic OH excluding ortho intramolecular Hbond substituents is 2. The van der Waals surface area contributed by atoms with Gasteiger partial charge in [0.1, 0.15) is 11.5 Å². The number of benzene rings is 2. The third-order valence-corrected chi connectivity index (χ3v) is 7.85. The summed E-state index contributed by atoms with van der Waals surface area (Å²) in [7, 11) is 0. The summed E-state index contributed by atoms with van der Waals surface area (Å²) < 4.78 is 0. The first-order valence-electron chi connectivity index (χ1n) is 11.1. The summed E-state index contributed by atoms with van der Waals surface area (Å²) in [5, 5.41) is 22.0. The lowest BCUT2D eigenvalue weighted by Gasteiger charge is -2.33. The Labute approximate surface area is 176 Å². The van der Waals surface area contributed by atoms with E-state index in [2.05, 4.69) is 60.6 Å². The third kappa shape index (κ3) is 2.47. The van der Waals surface area contributed by atoms with Gasteiger partial charge in [0.2, 0.25) is 0 Å². The second kappa shape index (κ2) is 6.03. The molecule has 0 bridgehead atoms. The summed E-state index contributed by atoms with van der Waals surface area (Å²) in [6.07, 6.45) is 3.71. The molecule has 0 saturated heterocycles. The SMILES string of the molecule is CCc1cc2c(c(CC)c1O)C1(CC(C)(C)c3cc(C)c(O)c(C)c31)CC2(C)C. The van der Waals surface area contributed by atoms with E-state index in [4.69, 9.17) is 0 Å². The van der Waals surface area contributed by atoms with Gasteiger partial charge in [0.15, 0.2) is 0 Å². The number of phenols is 2. The second-order valence-corrected chi connectivity index (χ2v) is 10.8. The highest BCUT2D eigenvalue weighted by Gasteiger charge is 2.58. The van der Waals surface area contributed by atoms with Crippen LogP contribution in [0.1, 0.15) is 98.9 Å². The molecule has 1 spiro atoms. The van der Waals surface area contributed by atoms with Gasteiger partial charge in [0, 0.05) is 5.41 Å². The molecule has 2 aliphatic carbocycles. The molecule has 0 saturated carbocycles. The summed E-state index contributed by atoms with van der Waals surface area (Å²) in [6.45, 7) is 17.8. The molecule has 0 fully saturated rings. The van der Waals surface area contributed by atoms with Crippen LogP contribution >= 0.6 is 0 Å². The molecule has 2 nitrogen and oxygen atoms in total. The highest BCUT2D eigenvalue weighted by atomic mass is 16.3. The standard InChI is InChI=1S/C27H36O2/c1-9-17-12-20-22(18(10-2)24(17)29)27(14-26(20,7)8)13-25(5,6)19-11-15(3)23(28)16(4)21(19)27/h11-12,28-29H,9-10,13-14H2,1-8H3. The van der Waals surface area contributed by atoms with Gasteiger partial charge in [-0.15, -0.1) is 0 Å². The van der Waals surface area contributed by atoms with E-state index in [1.54, 1.807) is 0 Å². The summed E-state index contributed by atoms with van der Waals surface area (Å²) in [5.41, 5.74) is 9.50. The molecule has 1 atom stereocenters. The van der Waals surface area contributed by atoms with E-state index < -0.39 is 0 Å². The van der Waals surface area contributed by atoms with E-state index in [1.807, 2.05) is 6.92 Å². The smallest absolute Gasteiger partial charge is 0.122 e. The number of rotatable bonds is 2. The molecule has 0 amide bonds. The summed E-state index contributed by atoms with van der Waals surface area (Å²) >= 11 is 0. The first-order chi connectivity index (χ1) is 13.4. The van der Waals surface area contributed by atoms with Crippen LogP contribution in [0.25, 0.3) is 0 Å². The average Bonchev–Trinajstić information content (AvgIpc) is 2.98. The van der Waals surface area contributed by atoms with Crippen LogP contribution in [0.2, 0.25) is 0 Å². The van der Waals surface area contributed by atoms with Gasteiger partial charge < -0.3 is 10.2 Å². The minimum atomic E-state index is -0.151. The quantitative estimate of drug-likeness (QED) is 0.613. The van der Waals surface area contributed by atoms with Gasteiger partial charge in [0.05, 0.1) is 0 Å². The Morgan fingerprint density at radius 2 is 1.34 bits per heavy atom. The largest absolute Gasteiger partial charge is 0.507 e. The summed E-state index contributed by atoms with van der Waals surface area (Å²) in [4.78, 5) is 0. The number of aromatic hydroxyl groups is 2. The normalized spacial score (nSPS) is 23.4. The van der Waals surface area contributed by atoms with Crippen LogP contribution in [-0.4, -0.2) is 10.2 Å². The van der Waals surface area contributed by atoms with Crippen LogP contribution in [0.3, 0.4) is 0 Å². The maximum absolute atomic E-state index is 11.2. The van der Waals surface area contributed by atoms with Crippen LogP contribution in [0.5, 0.6) is 11.5 Å². The predicted molar refractivity (Wildman–Crippen MR) is 121 cm³/mol. The molecule has 0 radical (unpaired) electrons. The third-order valence-electron chi connectivity index (χ3n) is 7.85. The molecular formula is C27H36O2. The van der Waals surface area contributed by atoms with Crippen molar-refractivity contribution < 1.29 is 10.2 Å². The Hall–Kier alpha value is -1.96. The van der Waals surface area contributed by atoms with Crippen molar-refractivity contribution in [1.82, 2.24) is 0 Å². The van der Waals surface area contributed by atoms with Crippen molar-refractivity contribution in [3.05, 3.63) is 56.6 Å². The monoisotopic (exact) mass is 392 g/mol. The molecule has 0 aromatic heterocycles. The topological polar surface area (TPSA) is 40.5 Å². The molecule has 2 aromatic rings. The van der Waals surface area contributed by atoms with Crippen molar-refractivity contribution in [3.8, 4) is 11.5 Å². The first kappa shape index (κ1) is 20.3. The van der Waals surface area contributed by atoms with Crippen molar-refractivity contribution >= 4 is 0 Å². The molecule has 2 aliphatic rings. The highest BCUT2D eigenvalue weighted by molar-refractivity contribution is 5.68. The zero-order valence-corrected chi connectivity index (χ0v) is 19.4. The molecule has 2 heteroatoms. The van der Waals surface area contributed by atoms with E-state index in [-0.39, 0.29) is 16.2 Å². The number of hydrogen-bond donors (Lipinski definition) is 2. The van der Waals surface area contributed by atoms with Crippen molar-refractivity contribution in [2.75, 3.05) is 0 Å². The van der Waals surface area contributed by atoms with Crippen LogP contribution in [-0.2, 0) is 29.1 Å². The average molecular weight is 393 g/mol. The Bertz CT molecular complexity index is 1030. The van der Waals surface area contributed by atoms with Gasteiger partial charge >= 0.3 is 0 Å². The maximum atomic E-state index is 11.2. The van der Waals surface area contributed by atoms with Crippen LogP contribution in [0, 0.1) is 13.8 Å². The maximum Gasteiger partial charge on any atom is 0.122 e. The summed E-state index contributed by atoms with van der Waals surface area (Å²) in [6, 6.07) is 4.48. The van der Waals surface area contributed by atoms with E-state index >= 15 is 0 Å². The van der Waals surface area contributed by atoms with E-state index in [0.29, 0.717) is 11.5 Å². The lowest BCUT2D eigenvalue weighted by atomic mass is 9.70. The van der Waals surface area contributed by atoms with Crippen LogP contribution in [0.4, 0.5) is 0 Å². The number of hydrogen-bond acceptors (Lipinski definition) is 2.